The zero-order chi connectivity index (χ0) is 16.6. The van der Waals surface area contributed by atoms with Crippen molar-refractivity contribution in [1.82, 2.24) is 0 Å². The molecule has 0 saturated carbocycles. The number of hydrazone groups is 1. The number of nitrogens with one attached hydrogen (secondary N) is 1. The molecule has 6 nitrogen and oxygen atoms in total. The Morgan fingerprint density at radius 2 is 1.74 bits per heavy atom. The van der Waals surface area contributed by atoms with Gasteiger partial charge in [-0.15, -0.1) is 0 Å². The van der Waals surface area contributed by atoms with Crippen molar-refractivity contribution in [3.8, 4) is 0 Å². The molecular formula is C15H12FN3O3S. The van der Waals surface area contributed by atoms with Crippen LogP contribution in [0.15, 0.2) is 53.6 Å². The highest BCUT2D eigenvalue weighted by Crippen LogP contribution is 2.29. The first-order valence-electron chi connectivity index (χ1n) is 6.64. The van der Waals surface area contributed by atoms with Crippen molar-refractivity contribution in [2.45, 2.75) is 0 Å². The Balaban J connectivity index is 2.07. The molecule has 1 aliphatic rings. The van der Waals surface area contributed by atoms with Crippen LogP contribution in [0.2, 0.25) is 0 Å². The van der Waals surface area contributed by atoms with Gasteiger partial charge in [0.25, 0.3) is 10.0 Å². The molecule has 2 aromatic carbocycles. The molecule has 0 bridgehead atoms. The summed E-state index contributed by atoms with van der Waals surface area (Å²) in [6, 6.07) is 11.9. The number of ketones is 1. The third-order valence-corrected chi connectivity index (χ3v) is 5.12. The number of halogens is 1. The second-order valence-corrected chi connectivity index (χ2v) is 6.71. The van der Waals surface area contributed by atoms with Crippen LogP contribution in [0, 0.1) is 5.82 Å². The Hall–Kier alpha value is -2.74. The van der Waals surface area contributed by atoms with E-state index in [1.54, 1.807) is 18.2 Å². The number of carbonyl (C=O) groups is 1. The van der Waals surface area contributed by atoms with Crippen molar-refractivity contribution in [3.05, 3.63) is 59.9 Å². The first-order chi connectivity index (χ1) is 10.9. The molecule has 0 aliphatic carbocycles. The van der Waals surface area contributed by atoms with Gasteiger partial charge in [-0.2, -0.15) is 13.5 Å². The fourth-order valence-corrected chi connectivity index (χ4v) is 3.39. The summed E-state index contributed by atoms with van der Waals surface area (Å²) in [6.07, 6.45) is 0. The molecule has 3 rings (SSSR count). The Bertz CT molecular complexity index is 925. The molecular weight excluding hydrogens is 321 g/mol. The summed E-state index contributed by atoms with van der Waals surface area (Å²) < 4.78 is 39.4. The zero-order valence-electron chi connectivity index (χ0n) is 12.0. The maximum Gasteiger partial charge on any atom is 0.287 e. The summed E-state index contributed by atoms with van der Waals surface area (Å²) >= 11 is 0. The molecule has 0 radical (unpaired) electrons. The van der Waals surface area contributed by atoms with Crippen LogP contribution in [0.5, 0.6) is 0 Å². The molecule has 1 N–H and O–H groups in total. The minimum absolute atomic E-state index is 0.0236. The van der Waals surface area contributed by atoms with Gasteiger partial charge in [0.1, 0.15) is 5.82 Å². The molecule has 2 aromatic rings. The fourth-order valence-electron chi connectivity index (χ4n) is 2.20. The van der Waals surface area contributed by atoms with E-state index in [1.807, 2.05) is 0 Å². The minimum Gasteiger partial charge on any atom is -0.286 e. The number of hydrogen-bond donors (Lipinski definition) is 1. The molecule has 23 heavy (non-hydrogen) atoms. The van der Waals surface area contributed by atoms with E-state index in [4.69, 9.17) is 0 Å². The van der Waals surface area contributed by atoms with E-state index in [9.17, 15) is 17.6 Å². The van der Waals surface area contributed by atoms with Gasteiger partial charge in [-0.25, -0.2) is 4.39 Å². The normalized spacial score (nSPS) is 17.9. The van der Waals surface area contributed by atoms with Crippen molar-refractivity contribution in [1.29, 1.82) is 0 Å². The van der Waals surface area contributed by atoms with Crippen LogP contribution < -0.4 is 9.73 Å². The van der Waals surface area contributed by atoms with E-state index in [1.165, 1.54) is 37.4 Å². The topological polar surface area (TPSA) is 78.8 Å². The molecule has 8 heteroatoms. The zero-order valence-corrected chi connectivity index (χ0v) is 12.8. The first kappa shape index (κ1) is 15.2. The van der Waals surface area contributed by atoms with E-state index < -0.39 is 26.7 Å². The molecule has 0 atom stereocenters. The maximum atomic E-state index is 13.6. The lowest BCUT2D eigenvalue weighted by molar-refractivity contribution is 0.106. The van der Waals surface area contributed by atoms with Gasteiger partial charge in [-0.05, 0) is 24.3 Å². The van der Waals surface area contributed by atoms with Crippen molar-refractivity contribution in [3.63, 3.8) is 0 Å². The molecule has 0 aromatic heterocycles. The molecule has 0 spiro atoms. The van der Waals surface area contributed by atoms with E-state index in [2.05, 4.69) is 10.5 Å². The van der Waals surface area contributed by atoms with Gasteiger partial charge in [0.05, 0.1) is 11.4 Å². The number of rotatable bonds is 2. The number of Topliss-reactive ketones (excluding diaryl/α,β-unsaturated/α-hetero) is 1. The van der Waals surface area contributed by atoms with E-state index in [0.29, 0.717) is 0 Å². The SMILES string of the molecule is CN1c2ccccc2C(=O)C(=NNc2ccccc2F)S1(=O)=O. The standard InChI is InChI=1S/C15H12FN3O3S/c1-19-13-9-5-2-6-10(13)14(20)15(23(19,21)22)18-17-12-8-4-3-7-11(12)16/h2-9,17H,1H3. The lowest BCUT2D eigenvalue weighted by atomic mass is 10.1. The lowest BCUT2D eigenvalue weighted by Crippen LogP contribution is -2.43. The Morgan fingerprint density at radius 3 is 2.48 bits per heavy atom. The molecule has 118 valence electrons. The average Bonchev–Trinajstić information content (AvgIpc) is 2.54. The monoisotopic (exact) mass is 333 g/mol. The third kappa shape index (κ3) is 2.46. The first-order valence-corrected chi connectivity index (χ1v) is 8.08. The van der Waals surface area contributed by atoms with E-state index in [-0.39, 0.29) is 16.9 Å². The minimum atomic E-state index is -4.10. The molecule has 0 unspecified atom stereocenters. The maximum absolute atomic E-state index is 13.6. The van der Waals surface area contributed by atoms with Crippen LogP contribution in [0.25, 0.3) is 0 Å². The summed E-state index contributed by atoms with van der Waals surface area (Å²) in [5.74, 6) is -1.34. The van der Waals surface area contributed by atoms with Crippen LogP contribution in [0.3, 0.4) is 0 Å². The number of benzene rings is 2. The van der Waals surface area contributed by atoms with Gasteiger partial charge in [0.15, 0.2) is 0 Å². The highest BCUT2D eigenvalue weighted by molar-refractivity contribution is 8.09. The van der Waals surface area contributed by atoms with Crippen LogP contribution >= 0.6 is 0 Å². The van der Waals surface area contributed by atoms with Crippen molar-refractivity contribution >= 4 is 32.2 Å². The highest BCUT2D eigenvalue weighted by Gasteiger charge is 2.39. The smallest absolute Gasteiger partial charge is 0.286 e. The predicted molar refractivity (Wildman–Crippen MR) is 85.6 cm³/mol. The van der Waals surface area contributed by atoms with Crippen LogP contribution in [-0.2, 0) is 10.0 Å². The number of para-hydroxylation sites is 2. The van der Waals surface area contributed by atoms with Crippen LogP contribution in [0.4, 0.5) is 15.8 Å². The largest absolute Gasteiger partial charge is 0.287 e. The van der Waals surface area contributed by atoms with Crippen LogP contribution in [-0.4, -0.2) is 26.3 Å². The van der Waals surface area contributed by atoms with Crippen molar-refractivity contribution in [2.75, 3.05) is 16.8 Å². The second-order valence-electron chi connectivity index (χ2n) is 4.83. The molecule has 0 saturated heterocycles. The number of anilines is 2. The van der Waals surface area contributed by atoms with Gasteiger partial charge >= 0.3 is 0 Å². The predicted octanol–water partition coefficient (Wildman–Crippen LogP) is 2.21. The van der Waals surface area contributed by atoms with Gasteiger partial charge in [0, 0.05) is 12.6 Å². The number of fused-ring (bicyclic) bond motifs is 1. The van der Waals surface area contributed by atoms with Gasteiger partial charge in [-0.1, -0.05) is 24.3 Å². The van der Waals surface area contributed by atoms with Gasteiger partial charge in [0.2, 0.25) is 10.8 Å². The Labute approximate surface area is 132 Å². The van der Waals surface area contributed by atoms with Gasteiger partial charge in [-0.3, -0.25) is 14.5 Å². The number of carbonyl (C=O) groups excluding carboxylic acids is 1. The molecule has 0 fully saturated rings. The van der Waals surface area contributed by atoms with E-state index in [0.717, 1.165) is 4.31 Å². The quantitative estimate of drug-likeness (QED) is 0.855. The highest BCUT2D eigenvalue weighted by atomic mass is 32.2. The molecule has 1 aliphatic heterocycles. The summed E-state index contributed by atoms with van der Waals surface area (Å²) in [4.78, 5) is 12.4. The van der Waals surface area contributed by atoms with Crippen molar-refractivity contribution < 1.29 is 17.6 Å². The number of sulfonamides is 1. The summed E-state index contributed by atoms with van der Waals surface area (Å²) in [5.41, 5.74) is 2.78. The van der Waals surface area contributed by atoms with E-state index >= 15 is 0 Å². The Kier molecular flexibility index (Phi) is 3.61. The fraction of sp³-hybridized carbons (Fsp3) is 0.0667. The number of nitrogens with zero attached hydrogens (tertiary/aromatic N) is 2. The van der Waals surface area contributed by atoms with Crippen molar-refractivity contribution in [2.24, 2.45) is 5.10 Å². The average molecular weight is 333 g/mol. The molecule has 1 heterocycles. The van der Waals surface area contributed by atoms with Crippen LogP contribution in [0.1, 0.15) is 10.4 Å². The van der Waals surface area contributed by atoms with Gasteiger partial charge < -0.3 is 0 Å². The lowest BCUT2D eigenvalue weighted by Gasteiger charge is -2.26. The summed E-state index contributed by atoms with van der Waals surface area (Å²) in [7, 11) is -2.77. The summed E-state index contributed by atoms with van der Waals surface area (Å²) in [6.45, 7) is 0. The second kappa shape index (κ2) is 5.47. The number of hydrogen-bond acceptors (Lipinski definition) is 5. The summed E-state index contributed by atoms with van der Waals surface area (Å²) in [5, 5.41) is 2.97. The third-order valence-electron chi connectivity index (χ3n) is 3.44. The Morgan fingerprint density at radius 1 is 1.09 bits per heavy atom. The molecule has 0 amide bonds.